The number of anilines is 1. The van der Waals surface area contributed by atoms with E-state index in [1.165, 1.54) is 44.7 Å². The second kappa shape index (κ2) is 7.14. The standard InChI is InChI=1S/C13H21N5O2/c1-11(10-17-5-3-2-4-6-17)7-14-13-15-8-12(9-16-13)18(19)20/h8-9,11H,2-7,10H2,1H3,(H,14,15,16). The fourth-order valence-corrected chi connectivity index (χ4v) is 2.42. The van der Waals surface area contributed by atoms with Crippen molar-refractivity contribution in [2.24, 2.45) is 5.92 Å². The molecule has 0 amide bonds. The summed E-state index contributed by atoms with van der Waals surface area (Å²) in [6.07, 6.45) is 6.40. The van der Waals surface area contributed by atoms with Crippen LogP contribution in [-0.4, -0.2) is 46.0 Å². The third-order valence-electron chi connectivity index (χ3n) is 3.48. The fraction of sp³-hybridized carbons (Fsp3) is 0.692. The van der Waals surface area contributed by atoms with Gasteiger partial charge in [0.05, 0.1) is 4.92 Å². The van der Waals surface area contributed by atoms with E-state index >= 15 is 0 Å². The van der Waals surface area contributed by atoms with Gasteiger partial charge in [0, 0.05) is 13.1 Å². The molecule has 2 heterocycles. The van der Waals surface area contributed by atoms with Crippen LogP contribution >= 0.6 is 0 Å². The smallest absolute Gasteiger partial charge is 0.305 e. The van der Waals surface area contributed by atoms with Crippen LogP contribution in [0, 0.1) is 16.0 Å². The van der Waals surface area contributed by atoms with Gasteiger partial charge in [-0.2, -0.15) is 0 Å². The van der Waals surface area contributed by atoms with E-state index in [0.29, 0.717) is 11.9 Å². The maximum atomic E-state index is 10.5. The van der Waals surface area contributed by atoms with Crippen LogP contribution < -0.4 is 5.32 Å². The molecule has 0 bridgehead atoms. The predicted octanol–water partition coefficient (Wildman–Crippen LogP) is 1.92. The number of piperidine rings is 1. The molecule has 20 heavy (non-hydrogen) atoms. The van der Waals surface area contributed by atoms with Crippen LogP contribution in [0.4, 0.5) is 11.6 Å². The van der Waals surface area contributed by atoms with Gasteiger partial charge in [0.15, 0.2) is 0 Å². The number of hydrogen-bond donors (Lipinski definition) is 1. The summed E-state index contributed by atoms with van der Waals surface area (Å²) in [6, 6.07) is 0. The SMILES string of the molecule is CC(CNc1ncc([N+](=O)[O-])cn1)CN1CCCCC1. The van der Waals surface area contributed by atoms with Gasteiger partial charge in [-0.05, 0) is 31.8 Å². The highest BCUT2D eigenvalue weighted by molar-refractivity contribution is 5.30. The minimum Gasteiger partial charge on any atom is -0.354 e. The minimum absolute atomic E-state index is 0.0862. The van der Waals surface area contributed by atoms with E-state index in [1.54, 1.807) is 0 Å². The highest BCUT2D eigenvalue weighted by Gasteiger charge is 2.13. The zero-order valence-electron chi connectivity index (χ0n) is 11.8. The minimum atomic E-state index is -0.497. The van der Waals surface area contributed by atoms with Crippen molar-refractivity contribution in [3.63, 3.8) is 0 Å². The van der Waals surface area contributed by atoms with Gasteiger partial charge in [-0.1, -0.05) is 13.3 Å². The van der Waals surface area contributed by atoms with Crippen LogP contribution in [0.15, 0.2) is 12.4 Å². The molecule has 0 saturated carbocycles. The van der Waals surface area contributed by atoms with Crippen molar-refractivity contribution in [3.8, 4) is 0 Å². The predicted molar refractivity (Wildman–Crippen MR) is 76.6 cm³/mol. The summed E-state index contributed by atoms with van der Waals surface area (Å²) in [5.41, 5.74) is -0.0862. The van der Waals surface area contributed by atoms with Gasteiger partial charge in [0.1, 0.15) is 12.4 Å². The van der Waals surface area contributed by atoms with E-state index in [4.69, 9.17) is 0 Å². The second-order valence-electron chi connectivity index (χ2n) is 5.37. The summed E-state index contributed by atoms with van der Waals surface area (Å²) < 4.78 is 0. The van der Waals surface area contributed by atoms with Gasteiger partial charge in [0.2, 0.25) is 5.95 Å². The number of aromatic nitrogens is 2. The zero-order chi connectivity index (χ0) is 14.4. The van der Waals surface area contributed by atoms with E-state index < -0.39 is 4.92 Å². The Balaban J connectivity index is 1.74. The average Bonchev–Trinajstić information content (AvgIpc) is 2.46. The highest BCUT2D eigenvalue weighted by Crippen LogP contribution is 2.12. The molecule has 1 aliphatic heterocycles. The number of hydrogen-bond acceptors (Lipinski definition) is 6. The summed E-state index contributed by atoms with van der Waals surface area (Å²) in [7, 11) is 0. The lowest BCUT2D eigenvalue weighted by Crippen LogP contribution is -2.35. The van der Waals surface area contributed by atoms with Gasteiger partial charge in [-0.3, -0.25) is 10.1 Å². The molecule has 1 fully saturated rings. The van der Waals surface area contributed by atoms with Crippen LogP contribution in [-0.2, 0) is 0 Å². The van der Waals surface area contributed by atoms with Crippen molar-refractivity contribution < 1.29 is 4.92 Å². The monoisotopic (exact) mass is 279 g/mol. The number of nitro groups is 1. The van der Waals surface area contributed by atoms with Gasteiger partial charge in [-0.25, -0.2) is 9.97 Å². The van der Waals surface area contributed by atoms with E-state index in [0.717, 1.165) is 13.1 Å². The van der Waals surface area contributed by atoms with E-state index in [2.05, 4.69) is 27.1 Å². The number of nitrogens with one attached hydrogen (secondary N) is 1. The first-order valence-electron chi connectivity index (χ1n) is 7.08. The molecule has 2 rings (SSSR count). The van der Waals surface area contributed by atoms with Gasteiger partial charge in [0.25, 0.3) is 0 Å². The van der Waals surface area contributed by atoms with Crippen molar-refractivity contribution in [2.75, 3.05) is 31.5 Å². The lowest BCUT2D eigenvalue weighted by Gasteiger charge is -2.29. The molecule has 1 atom stereocenters. The molecule has 1 unspecified atom stereocenters. The van der Waals surface area contributed by atoms with Crippen molar-refractivity contribution in [2.45, 2.75) is 26.2 Å². The second-order valence-corrected chi connectivity index (χ2v) is 5.37. The number of likely N-dealkylation sites (tertiary alicyclic amines) is 1. The average molecular weight is 279 g/mol. The van der Waals surface area contributed by atoms with E-state index in [-0.39, 0.29) is 5.69 Å². The van der Waals surface area contributed by atoms with Crippen molar-refractivity contribution in [3.05, 3.63) is 22.5 Å². The Morgan fingerprint density at radius 1 is 1.35 bits per heavy atom. The quantitative estimate of drug-likeness (QED) is 0.632. The first kappa shape index (κ1) is 14.6. The van der Waals surface area contributed by atoms with Crippen LogP contribution in [0.3, 0.4) is 0 Å². The molecule has 1 saturated heterocycles. The Morgan fingerprint density at radius 3 is 2.60 bits per heavy atom. The summed E-state index contributed by atoms with van der Waals surface area (Å²) in [5.74, 6) is 0.938. The molecule has 0 aliphatic carbocycles. The Kier molecular flexibility index (Phi) is 5.23. The molecule has 0 radical (unpaired) electrons. The third-order valence-corrected chi connectivity index (χ3v) is 3.48. The van der Waals surface area contributed by atoms with Gasteiger partial charge < -0.3 is 10.2 Å². The lowest BCUT2D eigenvalue weighted by molar-refractivity contribution is -0.385. The topological polar surface area (TPSA) is 84.2 Å². The zero-order valence-corrected chi connectivity index (χ0v) is 11.8. The number of nitrogens with zero attached hydrogens (tertiary/aromatic N) is 4. The van der Waals surface area contributed by atoms with Gasteiger partial charge >= 0.3 is 5.69 Å². The lowest BCUT2D eigenvalue weighted by atomic mass is 10.1. The van der Waals surface area contributed by atoms with Crippen LogP contribution in [0.5, 0.6) is 0 Å². The molecule has 1 aliphatic rings. The summed E-state index contributed by atoms with van der Waals surface area (Å²) in [6.45, 7) is 6.41. The van der Waals surface area contributed by atoms with Crippen LogP contribution in [0.1, 0.15) is 26.2 Å². The third kappa shape index (κ3) is 4.41. The molecule has 7 heteroatoms. The van der Waals surface area contributed by atoms with E-state index in [1.807, 2.05) is 0 Å². The van der Waals surface area contributed by atoms with Crippen LogP contribution in [0.2, 0.25) is 0 Å². The first-order valence-corrected chi connectivity index (χ1v) is 7.08. The Hall–Kier alpha value is -1.76. The number of rotatable bonds is 6. The van der Waals surface area contributed by atoms with Crippen molar-refractivity contribution in [1.82, 2.24) is 14.9 Å². The highest BCUT2D eigenvalue weighted by atomic mass is 16.6. The Morgan fingerprint density at radius 2 is 2.00 bits per heavy atom. The fourth-order valence-electron chi connectivity index (χ4n) is 2.42. The Labute approximate surface area is 118 Å². The first-order chi connectivity index (χ1) is 9.65. The van der Waals surface area contributed by atoms with Crippen molar-refractivity contribution >= 4 is 11.6 Å². The van der Waals surface area contributed by atoms with Crippen molar-refractivity contribution in [1.29, 1.82) is 0 Å². The summed E-state index contributed by atoms with van der Waals surface area (Å²) in [5, 5.41) is 13.6. The molecule has 0 spiro atoms. The molecule has 1 aromatic rings. The normalized spacial score (nSPS) is 17.6. The van der Waals surface area contributed by atoms with Gasteiger partial charge in [-0.15, -0.1) is 0 Å². The molecule has 0 aromatic carbocycles. The molecule has 1 N–H and O–H groups in total. The summed E-state index contributed by atoms with van der Waals surface area (Å²) in [4.78, 5) is 20.4. The molecule has 1 aromatic heterocycles. The largest absolute Gasteiger partial charge is 0.354 e. The maximum absolute atomic E-state index is 10.5. The molecule has 7 nitrogen and oxygen atoms in total. The molecular weight excluding hydrogens is 258 g/mol. The Bertz CT molecular complexity index is 431. The van der Waals surface area contributed by atoms with Crippen LogP contribution in [0.25, 0.3) is 0 Å². The molecule has 110 valence electrons. The van der Waals surface area contributed by atoms with E-state index in [9.17, 15) is 10.1 Å². The maximum Gasteiger partial charge on any atom is 0.305 e. The molecular formula is C13H21N5O2. The summed E-state index contributed by atoms with van der Waals surface area (Å²) >= 11 is 0.